The highest BCUT2D eigenvalue weighted by Gasteiger charge is 2.43. The molecule has 1 saturated carbocycles. The summed E-state index contributed by atoms with van der Waals surface area (Å²) in [5, 5.41) is 10.9. The van der Waals surface area contributed by atoms with Crippen molar-refractivity contribution in [2.45, 2.75) is 146 Å². The van der Waals surface area contributed by atoms with Crippen LogP contribution in [0.1, 0.15) is 139 Å². The molecule has 4 aliphatic rings. The van der Waals surface area contributed by atoms with E-state index in [0.717, 1.165) is 54.3 Å². The van der Waals surface area contributed by atoms with E-state index in [1.54, 1.807) is 43.4 Å². The fourth-order valence-electron chi connectivity index (χ4n) is 11.0. The SMILES string of the molecule is Cn1c(=O)n(C2CCC(=O)NC2=O)c2ccc(C3CCC(CCCC(=O)N4CCC5=CC[C@@H](C(=O)N[C@@H](CCC(N)=O)C(=O)NC(c6ccccc6)c6ccccc6)N5C(=O)[C@@H](NC(=O)OC(C)(C)C)C4)CC3)cc21. The van der Waals surface area contributed by atoms with E-state index in [1.165, 1.54) is 9.47 Å². The minimum atomic E-state index is -1.28. The number of aromatic nitrogens is 2. The van der Waals surface area contributed by atoms with Crippen molar-refractivity contribution in [2.75, 3.05) is 13.1 Å². The molecule has 4 atom stereocenters. The Balaban J connectivity index is 0.895. The molecule has 6 N–H and O–H groups in total. The Bertz CT molecular complexity index is 2860. The maximum Gasteiger partial charge on any atom is 0.408 e. The highest BCUT2D eigenvalue weighted by Crippen LogP contribution is 2.39. The van der Waals surface area contributed by atoms with Crippen molar-refractivity contribution in [3.63, 3.8) is 0 Å². The average Bonchev–Trinajstić information content (AvgIpc) is 3.91. The molecule has 75 heavy (non-hydrogen) atoms. The Kier molecular flexibility index (Phi) is 16.7. The van der Waals surface area contributed by atoms with Gasteiger partial charge in [-0.2, -0.15) is 0 Å². The minimum Gasteiger partial charge on any atom is -0.444 e. The van der Waals surface area contributed by atoms with Gasteiger partial charge in [0.1, 0.15) is 29.8 Å². The third-order valence-corrected chi connectivity index (χ3v) is 14.9. The van der Waals surface area contributed by atoms with Crippen LogP contribution in [-0.2, 0) is 45.3 Å². The summed E-state index contributed by atoms with van der Waals surface area (Å²) in [6.45, 7) is 5.14. The van der Waals surface area contributed by atoms with Crippen LogP contribution in [0.25, 0.3) is 11.0 Å². The zero-order valence-corrected chi connectivity index (χ0v) is 43.2. The van der Waals surface area contributed by atoms with E-state index >= 15 is 0 Å². The summed E-state index contributed by atoms with van der Waals surface area (Å²) in [5.74, 6) is -2.74. The summed E-state index contributed by atoms with van der Waals surface area (Å²) >= 11 is 0. The van der Waals surface area contributed by atoms with Gasteiger partial charge >= 0.3 is 11.8 Å². The predicted octanol–water partition coefficient (Wildman–Crippen LogP) is 5.03. The zero-order valence-electron chi connectivity index (χ0n) is 43.2. The van der Waals surface area contributed by atoms with Crippen LogP contribution >= 0.6 is 0 Å². The number of aryl methyl sites for hydroxylation is 1. The quantitative estimate of drug-likeness (QED) is 0.0937. The van der Waals surface area contributed by atoms with Gasteiger partial charge in [0.05, 0.1) is 23.6 Å². The zero-order chi connectivity index (χ0) is 53.6. The van der Waals surface area contributed by atoms with Crippen molar-refractivity contribution < 1.29 is 43.1 Å². The molecule has 3 aromatic carbocycles. The number of nitrogens with two attached hydrogens (primary N) is 1. The first-order chi connectivity index (χ1) is 35.8. The molecule has 3 aliphatic heterocycles. The Morgan fingerprint density at radius 1 is 0.827 bits per heavy atom. The largest absolute Gasteiger partial charge is 0.444 e. The number of primary amides is 1. The number of carbonyl (C=O) groups is 8. The molecule has 0 radical (unpaired) electrons. The van der Waals surface area contributed by atoms with Crippen molar-refractivity contribution in [1.82, 2.24) is 40.2 Å². The molecule has 19 nitrogen and oxygen atoms in total. The minimum absolute atomic E-state index is 0.0986. The molecule has 19 heteroatoms. The summed E-state index contributed by atoms with van der Waals surface area (Å²) in [4.78, 5) is 123. The number of fused-ring (bicyclic) bond motifs is 2. The van der Waals surface area contributed by atoms with E-state index < -0.39 is 71.4 Å². The number of rotatable bonds is 16. The van der Waals surface area contributed by atoms with Gasteiger partial charge in [-0.05, 0) is 119 Å². The van der Waals surface area contributed by atoms with Crippen molar-refractivity contribution >= 4 is 58.5 Å². The summed E-state index contributed by atoms with van der Waals surface area (Å²) < 4.78 is 8.60. The van der Waals surface area contributed by atoms with Crippen LogP contribution < -0.4 is 32.7 Å². The second kappa shape index (κ2) is 23.3. The second-order valence-corrected chi connectivity index (χ2v) is 21.3. The van der Waals surface area contributed by atoms with Crippen LogP contribution in [0.2, 0.25) is 0 Å². The van der Waals surface area contributed by atoms with E-state index in [1.807, 2.05) is 78.9 Å². The molecule has 8 rings (SSSR count). The number of hydrogen-bond acceptors (Lipinski definition) is 10. The fraction of sp³-hybridized carbons (Fsp3) is 0.482. The molecule has 8 amide bonds. The molecule has 4 heterocycles. The number of piperidine rings is 1. The van der Waals surface area contributed by atoms with E-state index in [-0.39, 0.29) is 81.5 Å². The Morgan fingerprint density at radius 2 is 1.51 bits per heavy atom. The van der Waals surface area contributed by atoms with E-state index in [4.69, 9.17) is 10.5 Å². The number of imide groups is 1. The van der Waals surface area contributed by atoms with Gasteiger partial charge in [-0.25, -0.2) is 9.59 Å². The number of imidazole rings is 1. The first-order valence-electron chi connectivity index (χ1n) is 26.2. The predicted molar refractivity (Wildman–Crippen MR) is 278 cm³/mol. The number of ether oxygens (including phenoxy) is 1. The number of alkyl carbamates (subject to hydrolysis) is 1. The third kappa shape index (κ3) is 12.9. The van der Waals surface area contributed by atoms with Gasteiger partial charge in [0.15, 0.2) is 0 Å². The van der Waals surface area contributed by atoms with Gasteiger partial charge in [0, 0.05) is 45.0 Å². The standard InChI is InChI=1S/C56H69N9O10/c1-56(2,3)75-54(73)59-41-33-63(48(68)17-11-12-34-18-20-35(21-19-34)38-22-25-42-45(32-38)62(4)55(74)65(42)44-27-29-47(67)60-52(44)71)31-30-39-23-26-43(64(39)53(41)72)51(70)58-40(24-28-46(57)66)50(69)61-49(36-13-7-5-8-14-36)37-15-9-6-10-16-37/h5-10,13-16,22-23,25,32,34-35,40-41,43-44,49H,11-12,17-21,24,26-31,33H2,1-4H3,(H2,57,66)(H,58,70)(H,59,73)(H,61,69)(H,60,67,71)/t34?,35?,40-,41-,43-,44?/m0/s1. The van der Waals surface area contributed by atoms with Gasteiger partial charge < -0.3 is 36.2 Å². The molecule has 3 fully saturated rings. The molecule has 398 valence electrons. The summed E-state index contributed by atoms with van der Waals surface area (Å²) in [7, 11) is 1.70. The van der Waals surface area contributed by atoms with Crippen molar-refractivity contribution in [1.29, 1.82) is 0 Å². The van der Waals surface area contributed by atoms with Crippen molar-refractivity contribution in [3.8, 4) is 0 Å². The van der Waals surface area contributed by atoms with Gasteiger partial charge in [-0.3, -0.25) is 48.0 Å². The highest BCUT2D eigenvalue weighted by molar-refractivity contribution is 6.00. The lowest BCUT2D eigenvalue weighted by Gasteiger charge is -2.37. The first kappa shape index (κ1) is 53.7. The molecule has 4 aromatic rings. The van der Waals surface area contributed by atoms with Crippen LogP contribution in [-0.4, -0.2) is 103 Å². The lowest BCUT2D eigenvalue weighted by Crippen LogP contribution is -2.60. The van der Waals surface area contributed by atoms with Crippen molar-refractivity contribution in [3.05, 3.63) is 118 Å². The van der Waals surface area contributed by atoms with Gasteiger partial charge in [0.25, 0.3) is 5.91 Å². The summed E-state index contributed by atoms with van der Waals surface area (Å²) in [6.07, 6.45) is 6.92. The van der Waals surface area contributed by atoms with Gasteiger partial charge in [-0.15, -0.1) is 0 Å². The number of nitrogens with zero attached hydrogens (tertiary/aromatic N) is 4. The number of amides is 8. The molecule has 1 unspecified atom stereocenters. The number of hydrogen-bond donors (Lipinski definition) is 5. The second-order valence-electron chi connectivity index (χ2n) is 21.3. The Labute approximate surface area is 435 Å². The van der Waals surface area contributed by atoms with Crippen LogP contribution in [0.5, 0.6) is 0 Å². The monoisotopic (exact) mass is 1030 g/mol. The molecular weight excluding hydrogens is 959 g/mol. The lowest BCUT2D eigenvalue weighted by molar-refractivity contribution is -0.142. The van der Waals surface area contributed by atoms with E-state index in [9.17, 15) is 43.2 Å². The number of nitrogens with one attached hydrogen (secondary N) is 4. The number of carbonyl (C=O) groups excluding carboxylic acids is 8. The van der Waals surface area contributed by atoms with E-state index in [2.05, 4.69) is 21.3 Å². The van der Waals surface area contributed by atoms with Crippen LogP contribution in [0.15, 0.2) is 95.4 Å². The third-order valence-electron chi connectivity index (χ3n) is 14.9. The lowest BCUT2D eigenvalue weighted by atomic mass is 9.77. The topological polar surface area (TPSA) is 253 Å². The molecule has 1 aromatic heterocycles. The maximum atomic E-state index is 14.7. The first-order valence-corrected chi connectivity index (χ1v) is 26.2. The van der Waals surface area contributed by atoms with Crippen LogP contribution in [0.4, 0.5) is 4.79 Å². The summed E-state index contributed by atoms with van der Waals surface area (Å²) in [5.41, 5.74) is 8.95. The van der Waals surface area contributed by atoms with Gasteiger partial charge in [-0.1, -0.05) is 72.8 Å². The van der Waals surface area contributed by atoms with Crippen LogP contribution in [0.3, 0.4) is 0 Å². The molecule has 0 spiro atoms. The Hall–Kier alpha value is -7.57. The smallest absolute Gasteiger partial charge is 0.408 e. The van der Waals surface area contributed by atoms with Crippen molar-refractivity contribution in [2.24, 2.45) is 18.7 Å². The average molecular weight is 1030 g/mol. The van der Waals surface area contributed by atoms with E-state index in [0.29, 0.717) is 23.6 Å². The highest BCUT2D eigenvalue weighted by atomic mass is 16.6. The number of benzene rings is 3. The molecular formula is C56H69N9O10. The van der Waals surface area contributed by atoms with Crippen LogP contribution in [0, 0.1) is 5.92 Å². The Morgan fingerprint density at radius 3 is 2.15 bits per heavy atom. The molecule has 2 saturated heterocycles. The maximum absolute atomic E-state index is 14.7. The summed E-state index contributed by atoms with van der Waals surface area (Å²) in [6, 6.07) is 19.7. The fourth-order valence-corrected chi connectivity index (χ4v) is 11.0. The molecule has 0 bridgehead atoms. The van der Waals surface area contributed by atoms with Gasteiger partial charge in [0.2, 0.25) is 35.4 Å². The molecule has 1 aliphatic carbocycles. The normalized spacial score (nSPS) is 21.6.